The van der Waals surface area contributed by atoms with Crippen LogP contribution < -0.4 is 10.5 Å². The summed E-state index contributed by atoms with van der Waals surface area (Å²) in [5.74, 6) is 0.298. The van der Waals surface area contributed by atoms with Gasteiger partial charge in [0.25, 0.3) is 5.91 Å². The molecule has 0 unspecified atom stereocenters. The second kappa shape index (κ2) is 10.5. The normalized spacial score (nSPS) is 12.3. The second-order valence-corrected chi connectivity index (χ2v) is 11.9. The number of sulfonamides is 1. The largest absolute Gasteiger partial charge is 0.516 e. The first-order valence-corrected chi connectivity index (χ1v) is 14.6. The molecule has 5 rings (SSSR count). The molecule has 0 saturated heterocycles. The molecule has 0 aliphatic heterocycles. The zero-order valence-electron chi connectivity index (χ0n) is 21.7. The lowest BCUT2D eigenvalue weighted by Gasteiger charge is -2.13. The third kappa shape index (κ3) is 5.28. The number of carbonyl (C=O) groups is 1. The summed E-state index contributed by atoms with van der Waals surface area (Å²) in [6.07, 6.45) is 1.51. The monoisotopic (exact) mass is 649 g/mol. The Hall–Kier alpha value is -3.91. The van der Waals surface area contributed by atoms with E-state index in [0.29, 0.717) is 39.6 Å². The number of aromatic nitrogens is 3. The number of benzene rings is 2. The Morgan fingerprint density at radius 2 is 1.88 bits per heavy atom. The average Bonchev–Trinajstić information content (AvgIpc) is 3.41. The van der Waals surface area contributed by atoms with Crippen LogP contribution in [0.5, 0.6) is 0 Å². The van der Waals surface area contributed by atoms with E-state index in [1.807, 2.05) is 30.5 Å². The molecule has 14 heteroatoms. The van der Waals surface area contributed by atoms with Crippen molar-refractivity contribution in [2.45, 2.75) is 38.7 Å². The van der Waals surface area contributed by atoms with E-state index in [1.165, 1.54) is 18.2 Å². The Bertz CT molecular complexity index is 1930. The topological polar surface area (TPSA) is 133 Å². The minimum absolute atomic E-state index is 0.120. The van der Waals surface area contributed by atoms with Crippen molar-refractivity contribution < 1.29 is 30.8 Å². The first kappa shape index (κ1) is 28.6. The molecule has 41 heavy (non-hydrogen) atoms. The minimum Gasteiger partial charge on any atom is -0.455 e. The number of nitrogens with one attached hydrogen (secondary N) is 1. The number of nitrogens with two attached hydrogens (primary N) is 1. The van der Waals surface area contributed by atoms with Crippen molar-refractivity contribution in [3.05, 3.63) is 75.6 Å². The molecule has 214 valence electrons. The van der Waals surface area contributed by atoms with Crippen molar-refractivity contribution in [3.63, 3.8) is 0 Å². The van der Waals surface area contributed by atoms with Gasteiger partial charge >= 0.3 is 15.5 Å². The third-order valence-electron chi connectivity index (χ3n) is 6.45. The van der Waals surface area contributed by atoms with Gasteiger partial charge in [0.05, 0.1) is 16.7 Å². The van der Waals surface area contributed by atoms with Crippen LogP contribution in [-0.4, -0.2) is 34.4 Å². The fourth-order valence-corrected chi connectivity index (χ4v) is 5.72. The van der Waals surface area contributed by atoms with Crippen LogP contribution in [0.3, 0.4) is 0 Å². The number of nitrogens with zero attached hydrogens (tertiary/aromatic N) is 3. The van der Waals surface area contributed by atoms with Gasteiger partial charge in [-0.3, -0.25) is 9.52 Å². The fourth-order valence-electron chi connectivity index (χ4n) is 4.54. The van der Waals surface area contributed by atoms with Gasteiger partial charge in [0.1, 0.15) is 22.6 Å². The van der Waals surface area contributed by atoms with Crippen LogP contribution >= 0.6 is 15.9 Å². The van der Waals surface area contributed by atoms with Crippen LogP contribution in [0.1, 0.15) is 40.8 Å². The Morgan fingerprint density at radius 3 is 2.56 bits per heavy atom. The summed E-state index contributed by atoms with van der Waals surface area (Å²) in [5.41, 5.74) is 3.21. The molecule has 0 fully saturated rings. The van der Waals surface area contributed by atoms with E-state index in [-0.39, 0.29) is 22.7 Å². The highest BCUT2D eigenvalue weighted by Crippen LogP contribution is 2.42. The van der Waals surface area contributed by atoms with Crippen LogP contribution in [0.15, 0.2) is 57.4 Å². The molecule has 3 aromatic heterocycles. The summed E-state index contributed by atoms with van der Waals surface area (Å²) in [5, 5.41) is 0.620. The lowest BCUT2D eigenvalue weighted by Crippen LogP contribution is -2.30. The Balaban J connectivity index is 1.58. The predicted octanol–water partition coefficient (Wildman–Crippen LogP) is 6.28. The number of carbonyl (C=O) groups excluding carboxylic acids is 1. The van der Waals surface area contributed by atoms with E-state index in [1.54, 1.807) is 22.9 Å². The molecule has 0 radical (unpaired) electrons. The molecular weight excluding hydrogens is 627 g/mol. The fraction of sp³-hybridized carbons (Fsp3) is 0.222. The lowest BCUT2D eigenvalue weighted by molar-refractivity contribution is -0.0429. The highest BCUT2D eigenvalue weighted by atomic mass is 79.9. The van der Waals surface area contributed by atoms with E-state index in [0.717, 1.165) is 23.4 Å². The molecule has 2 aromatic carbocycles. The number of halogens is 4. The molecule has 0 aliphatic carbocycles. The van der Waals surface area contributed by atoms with Gasteiger partial charge in [-0.15, -0.1) is 0 Å². The predicted molar refractivity (Wildman–Crippen MR) is 152 cm³/mol. The molecule has 0 aliphatic rings. The smallest absolute Gasteiger partial charge is 0.455 e. The van der Waals surface area contributed by atoms with Gasteiger partial charge in [0.2, 0.25) is 0 Å². The highest BCUT2D eigenvalue weighted by molar-refractivity contribution is 9.10. The van der Waals surface area contributed by atoms with Gasteiger partial charge in [-0.25, -0.2) is 9.97 Å². The lowest BCUT2D eigenvalue weighted by atomic mass is 10.1. The quantitative estimate of drug-likeness (QED) is 0.203. The Labute approximate surface area is 240 Å². The van der Waals surface area contributed by atoms with Crippen LogP contribution in [0.2, 0.25) is 0 Å². The molecule has 0 atom stereocenters. The molecule has 1 amide bonds. The van der Waals surface area contributed by atoms with E-state index in [9.17, 15) is 26.4 Å². The second-order valence-electron chi connectivity index (χ2n) is 9.40. The number of fused-ring (bicyclic) bond motifs is 2. The van der Waals surface area contributed by atoms with Crippen molar-refractivity contribution in [3.8, 4) is 11.3 Å². The summed E-state index contributed by atoms with van der Waals surface area (Å²) in [6, 6.07) is 12.6. The maximum absolute atomic E-state index is 13.0. The summed E-state index contributed by atoms with van der Waals surface area (Å²) in [4.78, 5) is 21.1. The molecule has 0 saturated carbocycles. The first-order chi connectivity index (χ1) is 19.3. The van der Waals surface area contributed by atoms with E-state index < -0.39 is 21.4 Å². The van der Waals surface area contributed by atoms with Crippen molar-refractivity contribution in [2.24, 2.45) is 5.73 Å². The first-order valence-electron chi connectivity index (χ1n) is 12.4. The molecular formula is C27H23BrF3N5O4S. The maximum atomic E-state index is 13.0. The van der Waals surface area contributed by atoms with Gasteiger partial charge < -0.3 is 14.7 Å². The minimum atomic E-state index is -5.65. The van der Waals surface area contributed by atoms with Gasteiger partial charge in [-0.05, 0) is 70.7 Å². The number of amides is 1. The zero-order valence-corrected chi connectivity index (χ0v) is 24.1. The number of anilines is 1. The standard InChI is InChI=1S/C27H23BrF3N5O4S/c1-3-6-21-34-23-14(2)11-19(25(32)37)33-26(23)36(21)13-15-9-10-20-17(12-15)22(28)24(40-20)16-7-4-5-8-18(16)35-41(38,39)27(29,30)31/h4-5,7-12,35H,3,6,13H2,1-2H3,(H2,32,37). The number of primary amides is 1. The van der Waals surface area contributed by atoms with E-state index in [4.69, 9.17) is 15.1 Å². The summed E-state index contributed by atoms with van der Waals surface area (Å²) in [7, 11) is -5.65. The van der Waals surface area contributed by atoms with E-state index in [2.05, 4.69) is 20.9 Å². The van der Waals surface area contributed by atoms with Crippen LogP contribution in [0.4, 0.5) is 18.9 Å². The molecule has 5 aromatic rings. The van der Waals surface area contributed by atoms with Gasteiger partial charge in [-0.1, -0.05) is 25.1 Å². The van der Waals surface area contributed by atoms with Crippen molar-refractivity contribution in [2.75, 3.05) is 4.72 Å². The number of imidazole rings is 1. The number of furan rings is 1. The van der Waals surface area contributed by atoms with E-state index >= 15 is 0 Å². The molecule has 0 spiro atoms. The van der Waals surface area contributed by atoms with Crippen LogP contribution in [-0.2, 0) is 23.0 Å². The number of alkyl halides is 3. The number of rotatable bonds is 8. The molecule has 3 N–H and O–H groups in total. The number of aryl methyl sites for hydroxylation is 2. The summed E-state index contributed by atoms with van der Waals surface area (Å²) >= 11 is 3.49. The van der Waals surface area contributed by atoms with Crippen LogP contribution in [0, 0.1) is 6.92 Å². The van der Waals surface area contributed by atoms with Crippen LogP contribution in [0.25, 0.3) is 33.5 Å². The number of hydrogen-bond acceptors (Lipinski definition) is 6. The summed E-state index contributed by atoms with van der Waals surface area (Å²) < 4.78 is 72.6. The van der Waals surface area contributed by atoms with Crippen molar-refractivity contribution in [1.82, 2.24) is 14.5 Å². The highest BCUT2D eigenvalue weighted by Gasteiger charge is 2.46. The van der Waals surface area contributed by atoms with Gasteiger partial charge in [-0.2, -0.15) is 21.6 Å². The molecule has 9 nitrogen and oxygen atoms in total. The van der Waals surface area contributed by atoms with Crippen molar-refractivity contribution in [1.29, 1.82) is 0 Å². The Kier molecular flexibility index (Phi) is 7.32. The Morgan fingerprint density at radius 1 is 1.15 bits per heavy atom. The van der Waals surface area contributed by atoms with Gasteiger partial charge in [0.15, 0.2) is 11.4 Å². The number of hydrogen-bond donors (Lipinski definition) is 2. The SMILES string of the molecule is CCCc1nc2c(C)cc(C(N)=O)nc2n1Cc1ccc2oc(-c3ccccc3NS(=O)(=O)C(F)(F)F)c(Br)c2c1. The third-order valence-corrected chi connectivity index (χ3v) is 8.34. The summed E-state index contributed by atoms with van der Waals surface area (Å²) in [6.45, 7) is 4.22. The van der Waals surface area contributed by atoms with Crippen molar-refractivity contribution >= 4 is 59.7 Å². The molecule has 3 heterocycles. The number of pyridine rings is 1. The maximum Gasteiger partial charge on any atom is 0.516 e. The zero-order chi connectivity index (χ0) is 29.7. The van der Waals surface area contributed by atoms with Gasteiger partial charge in [0, 0.05) is 17.4 Å². The average molecular weight is 650 g/mol. The molecule has 0 bridgehead atoms. The number of para-hydroxylation sites is 1.